The number of hydrogen-bond donors (Lipinski definition) is 6. The molecule has 6 N–H and O–H groups in total. The summed E-state index contributed by atoms with van der Waals surface area (Å²) < 4.78 is 0. The molecule has 6 nitrogen and oxygen atoms in total. The van der Waals surface area contributed by atoms with Gasteiger partial charge < -0.3 is 30.0 Å². The normalized spacial score (nSPS) is 11.2. The molecule has 0 bridgehead atoms. The van der Waals surface area contributed by atoms with Crippen LogP contribution in [-0.4, -0.2) is 49.8 Å². The third-order valence-corrected chi connectivity index (χ3v) is 1.79. The van der Waals surface area contributed by atoms with E-state index in [1.807, 2.05) is 0 Å². The van der Waals surface area contributed by atoms with E-state index in [2.05, 4.69) is 11.8 Å². The first kappa shape index (κ1) is 18.8. The number of unbranched alkanes of at least 4 members (excludes halogenated alkanes) is 2. The molecule has 0 radical (unpaired) electrons. The molecule has 16 heavy (non-hydrogen) atoms. The van der Waals surface area contributed by atoms with Gasteiger partial charge >= 0.3 is 6.72 Å². The lowest BCUT2D eigenvalue weighted by Crippen LogP contribution is -2.10. The van der Waals surface area contributed by atoms with Crippen LogP contribution in [-0.2, 0) is 11.8 Å². The Labute approximate surface area is 100 Å². The highest BCUT2D eigenvalue weighted by Gasteiger charge is 2.03. The van der Waals surface area contributed by atoms with Crippen molar-refractivity contribution in [1.29, 1.82) is 0 Å². The molecule has 0 amide bonds. The van der Waals surface area contributed by atoms with Gasteiger partial charge in [0.25, 0.3) is 0 Å². The maximum Gasteiger partial charge on any atom is 0.319 e. The average Bonchev–Trinajstić information content (AvgIpc) is 2.16. The number of rotatable bonds is 7. The van der Waals surface area contributed by atoms with E-state index in [-0.39, 0.29) is 25.7 Å². The Morgan fingerprint density at radius 1 is 0.875 bits per heavy atom. The van der Waals surface area contributed by atoms with Crippen LogP contribution in [0.4, 0.5) is 0 Å². The van der Waals surface area contributed by atoms with E-state index in [1.165, 1.54) is 0 Å². The van der Waals surface area contributed by atoms with Gasteiger partial charge in [0.05, 0.1) is 0 Å². The maximum atomic E-state index is 8.67. The van der Waals surface area contributed by atoms with Crippen LogP contribution in [0.1, 0.15) is 25.7 Å². The van der Waals surface area contributed by atoms with Gasteiger partial charge in [-0.05, 0) is 24.6 Å². The molecule has 0 rings (SSSR count). The van der Waals surface area contributed by atoms with E-state index in [4.69, 9.17) is 30.0 Å². The molecule has 0 aliphatic rings. The predicted molar refractivity (Wildman–Crippen MR) is 64.2 cm³/mol. The molecule has 0 saturated heterocycles. The molecule has 0 atom stereocenters. The quantitative estimate of drug-likeness (QED) is 0.269. The van der Waals surface area contributed by atoms with Crippen molar-refractivity contribution in [1.82, 2.24) is 0 Å². The molecule has 0 aliphatic carbocycles. The van der Waals surface area contributed by atoms with Crippen molar-refractivity contribution in [2.45, 2.75) is 25.7 Å². The van der Waals surface area contributed by atoms with Crippen LogP contribution in [0.3, 0.4) is 0 Å². The van der Waals surface area contributed by atoms with Gasteiger partial charge in [0.1, 0.15) is 0 Å². The molecule has 0 aromatic carbocycles. The summed E-state index contributed by atoms with van der Waals surface area (Å²) in [5.41, 5.74) is 0. The average molecular weight is 276 g/mol. The zero-order valence-corrected chi connectivity index (χ0v) is 10.8. The van der Waals surface area contributed by atoms with Crippen molar-refractivity contribution < 1.29 is 30.0 Å². The highest BCUT2D eigenvalue weighted by Crippen LogP contribution is 2.26. The van der Waals surface area contributed by atoms with Crippen LogP contribution >= 0.6 is 6.72 Å². The molecule has 100 valence electrons. The van der Waals surface area contributed by atoms with E-state index < -0.39 is 6.72 Å². The van der Waals surface area contributed by atoms with Crippen molar-refractivity contribution in [2.75, 3.05) is 19.8 Å². The molecule has 8 heteroatoms. The molecule has 0 aromatic rings. The molecule has 0 fully saturated rings. The van der Waals surface area contributed by atoms with E-state index in [0.29, 0.717) is 0 Å². The second-order valence-electron chi connectivity index (χ2n) is 3.32. The van der Waals surface area contributed by atoms with E-state index >= 15 is 0 Å². The van der Waals surface area contributed by atoms with Crippen molar-refractivity contribution >= 4 is 18.5 Å². The lowest BCUT2D eigenvalue weighted by Gasteiger charge is -2.09. The van der Waals surface area contributed by atoms with Gasteiger partial charge in [-0.3, -0.25) is 0 Å². The van der Waals surface area contributed by atoms with E-state index in [1.54, 1.807) is 0 Å². The fraction of sp³-hybridized carbons (Fsp3) is 1.00. The summed E-state index contributed by atoms with van der Waals surface area (Å²) in [6.45, 7) is -3.44. The van der Waals surface area contributed by atoms with Gasteiger partial charge in [-0.2, -0.15) is 0 Å². The minimum atomic E-state index is -3.81. The molecular weight excluding hydrogens is 255 g/mol. The summed E-state index contributed by atoms with van der Waals surface area (Å²) in [6.07, 6.45) is 3.63. The largest absolute Gasteiger partial charge is 0.396 e. The van der Waals surface area contributed by atoms with Crippen molar-refractivity contribution in [2.24, 2.45) is 5.92 Å². The Morgan fingerprint density at radius 2 is 1.31 bits per heavy atom. The summed E-state index contributed by atoms with van der Waals surface area (Å²) in [7, 11) is 0. The van der Waals surface area contributed by atoms with Crippen molar-refractivity contribution in [3.8, 4) is 0 Å². The first-order valence-electron chi connectivity index (χ1n) is 4.96. The highest BCUT2D eigenvalue weighted by molar-refractivity contribution is 8.06. The van der Waals surface area contributed by atoms with E-state index in [0.717, 1.165) is 25.7 Å². The van der Waals surface area contributed by atoms with Crippen molar-refractivity contribution in [3.63, 3.8) is 0 Å². The smallest absolute Gasteiger partial charge is 0.319 e. The Morgan fingerprint density at radius 3 is 1.62 bits per heavy atom. The van der Waals surface area contributed by atoms with Gasteiger partial charge in [-0.15, -0.1) is 0 Å². The van der Waals surface area contributed by atoms with Crippen LogP contribution in [0, 0.1) is 5.92 Å². The molecule has 0 spiro atoms. The lowest BCUT2D eigenvalue weighted by atomic mass is 10.0. The zero-order valence-electron chi connectivity index (χ0n) is 9.07. The summed E-state index contributed by atoms with van der Waals surface area (Å²) in [5, 5.41) is 25.8. The Balaban J connectivity index is 0. The first-order chi connectivity index (χ1) is 7.35. The molecule has 0 aliphatic heterocycles. The predicted octanol–water partition coefficient (Wildman–Crippen LogP) is -0.672. The van der Waals surface area contributed by atoms with Crippen LogP contribution in [0.2, 0.25) is 0 Å². The minimum Gasteiger partial charge on any atom is -0.396 e. The second-order valence-corrected chi connectivity index (χ2v) is 5.81. The third-order valence-electron chi connectivity index (χ3n) is 1.79. The molecule has 0 heterocycles. The standard InChI is InChI=1S/C8H18O3.H3O3PS/c9-5-3-1-2-4-8(6-10)7-11;1-4(2,3)5/h8-11H,1-7H2;(H3,1,2,3,5). The van der Waals surface area contributed by atoms with E-state index in [9.17, 15) is 0 Å². The van der Waals surface area contributed by atoms with Gasteiger partial charge in [0.15, 0.2) is 0 Å². The summed E-state index contributed by atoms with van der Waals surface area (Å²) in [4.78, 5) is 22.7. The molecule has 0 saturated carbocycles. The highest BCUT2D eigenvalue weighted by atomic mass is 32.5. The third kappa shape index (κ3) is 23.9. The zero-order chi connectivity index (χ0) is 13.0. The number of hydrogen-bond acceptors (Lipinski definition) is 4. The fourth-order valence-corrected chi connectivity index (χ4v) is 0.962. The maximum absolute atomic E-state index is 8.67. The van der Waals surface area contributed by atoms with Gasteiger partial charge in [0, 0.05) is 25.7 Å². The van der Waals surface area contributed by atoms with Gasteiger partial charge in [0.2, 0.25) is 0 Å². The SMILES string of the molecule is OCCCCCC(CO)CO.OP(O)(O)=S. The van der Waals surface area contributed by atoms with Crippen LogP contribution in [0.5, 0.6) is 0 Å². The number of aliphatic hydroxyl groups excluding tert-OH is 3. The second kappa shape index (κ2) is 11.9. The minimum absolute atomic E-state index is 0.0358. The summed E-state index contributed by atoms with van der Waals surface area (Å²) >= 11 is 3.60. The summed E-state index contributed by atoms with van der Waals surface area (Å²) in [6, 6.07) is 0. The number of aliphatic hydroxyl groups is 3. The molecule has 0 unspecified atom stereocenters. The monoisotopic (exact) mass is 276 g/mol. The topological polar surface area (TPSA) is 121 Å². The first-order valence-corrected chi connectivity index (χ1v) is 7.62. The Bertz CT molecular complexity index is 173. The van der Waals surface area contributed by atoms with Gasteiger partial charge in [-0.25, -0.2) is 0 Å². The van der Waals surface area contributed by atoms with Crippen LogP contribution in [0.25, 0.3) is 0 Å². The van der Waals surface area contributed by atoms with Crippen molar-refractivity contribution in [3.05, 3.63) is 0 Å². The molecule has 0 aromatic heterocycles. The van der Waals surface area contributed by atoms with Gasteiger partial charge in [-0.1, -0.05) is 12.8 Å². The summed E-state index contributed by atoms with van der Waals surface area (Å²) in [5.74, 6) is 0.0358. The Hall–Kier alpha value is 0.410. The lowest BCUT2D eigenvalue weighted by molar-refractivity contribution is 0.141. The fourth-order valence-electron chi connectivity index (χ4n) is 0.962. The van der Waals surface area contributed by atoms with Crippen LogP contribution in [0.15, 0.2) is 0 Å². The molecular formula is C8H21O6PS. The Kier molecular flexibility index (Phi) is 13.9. The van der Waals surface area contributed by atoms with Crippen LogP contribution < -0.4 is 0 Å².